The lowest BCUT2D eigenvalue weighted by atomic mass is 10.0. The molecule has 0 bridgehead atoms. The van der Waals surface area contributed by atoms with Crippen LogP contribution < -0.4 is 0 Å². The zero-order valence-corrected chi connectivity index (χ0v) is 14.1. The molecule has 0 saturated heterocycles. The first-order valence-electron chi connectivity index (χ1n) is 8.34. The Bertz CT molecular complexity index is 955. The summed E-state index contributed by atoms with van der Waals surface area (Å²) in [7, 11) is 0. The highest BCUT2D eigenvalue weighted by Crippen LogP contribution is 2.24. The first-order chi connectivity index (χ1) is 12.3. The van der Waals surface area contributed by atoms with E-state index < -0.39 is 0 Å². The third kappa shape index (κ3) is 3.33. The maximum Gasteiger partial charge on any atom is 0.159 e. The summed E-state index contributed by atoms with van der Waals surface area (Å²) in [5, 5.41) is 0. The van der Waals surface area contributed by atoms with Crippen LogP contribution in [0.4, 0.5) is 0 Å². The van der Waals surface area contributed by atoms with Gasteiger partial charge in [-0.2, -0.15) is 0 Å². The van der Waals surface area contributed by atoms with Crippen molar-refractivity contribution in [2.75, 3.05) is 0 Å². The Kier molecular flexibility index (Phi) is 4.09. The smallest absolute Gasteiger partial charge is 0.159 e. The van der Waals surface area contributed by atoms with Gasteiger partial charge < -0.3 is 0 Å². The van der Waals surface area contributed by atoms with Crippen LogP contribution in [-0.2, 0) is 0 Å². The SMILES string of the molecule is Cc1ccc(-c2cnc(-c3ccc(-c4ccccc4)cc3)nc2)cc1. The third-order valence-electron chi connectivity index (χ3n) is 4.29. The quantitative estimate of drug-likeness (QED) is 0.477. The number of aromatic nitrogens is 2. The second-order valence-corrected chi connectivity index (χ2v) is 6.10. The first kappa shape index (κ1) is 15.3. The second kappa shape index (κ2) is 6.70. The van der Waals surface area contributed by atoms with E-state index in [-0.39, 0.29) is 0 Å². The molecule has 0 saturated carbocycles. The Morgan fingerprint density at radius 3 is 1.60 bits per heavy atom. The first-order valence-corrected chi connectivity index (χ1v) is 8.34. The molecule has 0 aliphatic carbocycles. The number of rotatable bonds is 3. The van der Waals surface area contributed by atoms with E-state index in [0.29, 0.717) is 0 Å². The van der Waals surface area contributed by atoms with Crippen LogP contribution in [0.15, 0.2) is 91.3 Å². The van der Waals surface area contributed by atoms with Crippen LogP contribution in [0.3, 0.4) is 0 Å². The van der Waals surface area contributed by atoms with Gasteiger partial charge in [0.2, 0.25) is 0 Å². The van der Waals surface area contributed by atoms with Crippen LogP contribution >= 0.6 is 0 Å². The molecule has 3 aromatic carbocycles. The van der Waals surface area contributed by atoms with E-state index in [4.69, 9.17) is 0 Å². The maximum absolute atomic E-state index is 4.54. The van der Waals surface area contributed by atoms with Crippen LogP contribution in [0, 0.1) is 6.92 Å². The molecule has 0 atom stereocenters. The van der Waals surface area contributed by atoms with E-state index in [0.717, 1.165) is 22.5 Å². The molecule has 0 fully saturated rings. The number of nitrogens with zero attached hydrogens (tertiary/aromatic N) is 2. The summed E-state index contributed by atoms with van der Waals surface area (Å²) in [5.74, 6) is 0.746. The van der Waals surface area contributed by atoms with Crippen LogP contribution in [0.1, 0.15) is 5.56 Å². The van der Waals surface area contributed by atoms with Crippen molar-refractivity contribution in [2.24, 2.45) is 0 Å². The molecule has 2 heteroatoms. The van der Waals surface area contributed by atoms with Gasteiger partial charge in [-0.3, -0.25) is 0 Å². The average molecular weight is 322 g/mol. The van der Waals surface area contributed by atoms with Crippen molar-refractivity contribution in [3.05, 3.63) is 96.8 Å². The zero-order chi connectivity index (χ0) is 17.1. The van der Waals surface area contributed by atoms with Crippen molar-refractivity contribution in [3.63, 3.8) is 0 Å². The molecule has 120 valence electrons. The minimum absolute atomic E-state index is 0.746. The second-order valence-electron chi connectivity index (χ2n) is 6.10. The molecule has 1 heterocycles. The van der Waals surface area contributed by atoms with Crippen molar-refractivity contribution in [2.45, 2.75) is 6.92 Å². The predicted molar refractivity (Wildman–Crippen MR) is 103 cm³/mol. The molecule has 0 aliphatic rings. The van der Waals surface area contributed by atoms with Gasteiger partial charge in [0.15, 0.2) is 5.82 Å². The molecule has 2 nitrogen and oxygen atoms in total. The molecule has 0 unspecified atom stereocenters. The van der Waals surface area contributed by atoms with Gasteiger partial charge in [-0.15, -0.1) is 0 Å². The van der Waals surface area contributed by atoms with Gasteiger partial charge in [-0.05, 0) is 23.6 Å². The Hall–Kier alpha value is -3.26. The lowest BCUT2D eigenvalue weighted by molar-refractivity contribution is 1.18. The van der Waals surface area contributed by atoms with Gasteiger partial charge in [0, 0.05) is 23.5 Å². The minimum atomic E-state index is 0.746. The van der Waals surface area contributed by atoms with Gasteiger partial charge in [-0.25, -0.2) is 9.97 Å². The maximum atomic E-state index is 4.54. The van der Waals surface area contributed by atoms with Gasteiger partial charge in [-0.1, -0.05) is 84.4 Å². The van der Waals surface area contributed by atoms with E-state index >= 15 is 0 Å². The van der Waals surface area contributed by atoms with Crippen LogP contribution in [-0.4, -0.2) is 9.97 Å². The molecular formula is C23H18N2. The van der Waals surface area contributed by atoms with E-state index in [9.17, 15) is 0 Å². The molecule has 4 rings (SSSR count). The fourth-order valence-electron chi connectivity index (χ4n) is 2.81. The average Bonchev–Trinajstić information content (AvgIpc) is 2.70. The van der Waals surface area contributed by atoms with Crippen LogP contribution in [0.25, 0.3) is 33.6 Å². The molecule has 1 aromatic heterocycles. The summed E-state index contributed by atoms with van der Waals surface area (Å²) in [4.78, 5) is 9.08. The Labute approximate surface area is 147 Å². The molecule has 0 aliphatic heterocycles. The number of hydrogen-bond acceptors (Lipinski definition) is 2. The van der Waals surface area contributed by atoms with Crippen molar-refractivity contribution >= 4 is 0 Å². The highest BCUT2D eigenvalue weighted by atomic mass is 14.9. The fourth-order valence-corrected chi connectivity index (χ4v) is 2.81. The minimum Gasteiger partial charge on any atom is -0.236 e. The summed E-state index contributed by atoms with van der Waals surface area (Å²) >= 11 is 0. The monoisotopic (exact) mass is 322 g/mol. The van der Waals surface area contributed by atoms with Crippen molar-refractivity contribution in [1.82, 2.24) is 9.97 Å². The molecule has 0 amide bonds. The van der Waals surface area contributed by atoms with E-state index in [1.54, 1.807) is 0 Å². The topological polar surface area (TPSA) is 25.8 Å². The Morgan fingerprint density at radius 2 is 0.960 bits per heavy atom. The molecule has 4 aromatic rings. The summed E-state index contributed by atoms with van der Waals surface area (Å²) in [5.41, 5.74) is 6.85. The van der Waals surface area contributed by atoms with E-state index in [1.807, 2.05) is 18.5 Å². The summed E-state index contributed by atoms with van der Waals surface area (Å²) in [6.45, 7) is 2.09. The molecule has 0 N–H and O–H groups in total. The largest absolute Gasteiger partial charge is 0.236 e. The van der Waals surface area contributed by atoms with Crippen LogP contribution in [0.2, 0.25) is 0 Å². The Morgan fingerprint density at radius 1 is 0.480 bits per heavy atom. The standard InChI is InChI=1S/C23H18N2/c1-17-7-9-20(10-8-17)22-15-24-23(25-16-22)21-13-11-19(12-14-21)18-5-3-2-4-6-18/h2-16H,1H3. The fraction of sp³-hybridized carbons (Fsp3) is 0.0435. The number of aryl methyl sites for hydroxylation is 1. The number of benzene rings is 3. The van der Waals surface area contributed by atoms with Crippen LogP contribution in [0.5, 0.6) is 0 Å². The Balaban J connectivity index is 1.59. The van der Waals surface area contributed by atoms with Gasteiger partial charge in [0.05, 0.1) is 0 Å². The molecule has 0 spiro atoms. The highest BCUT2D eigenvalue weighted by Gasteiger charge is 2.04. The van der Waals surface area contributed by atoms with Crippen molar-refractivity contribution < 1.29 is 0 Å². The molecule has 0 radical (unpaired) electrons. The molecule has 25 heavy (non-hydrogen) atoms. The summed E-state index contributed by atoms with van der Waals surface area (Å²) in [6.07, 6.45) is 3.77. The normalized spacial score (nSPS) is 10.6. The van der Waals surface area contributed by atoms with E-state index in [1.165, 1.54) is 16.7 Å². The summed E-state index contributed by atoms with van der Waals surface area (Å²) in [6, 6.07) is 27.1. The number of hydrogen-bond donors (Lipinski definition) is 0. The van der Waals surface area contributed by atoms with Crippen molar-refractivity contribution in [3.8, 4) is 33.6 Å². The predicted octanol–water partition coefficient (Wildman–Crippen LogP) is 5.79. The van der Waals surface area contributed by atoms with E-state index in [2.05, 4.69) is 89.7 Å². The highest BCUT2D eigenvalue weighted by molar-refractivity contribution is 5.68. The lowest BCUT2D eigenvalue weighted by Crippen LogP contribution is -1.90. The zero-order valence-electron chi connectivity index (χ0n) is 14.1. The van der Waals surface area contributed by atoms with Gasteiger partial charge >= 0.3 is 0 Å². The lowest BCUT2D eigenvalue weighted by Gasteiger charge is -2.05. The van der Waals surface area contributed by atoms with Gasteiger partial charge in [0.1, 0.15) is 0 Å². The third-order valence-corrected chi connectivity index (χ3v) is 4.29. The molecular weight excluding hydrogens is 304 g/mol. The van der Waals surface area contributed by atoms with Gasteiger partial charge in [0.25, 0.3) is 0 Å². The van der Waals surface area contributed by atoms with Crippen molar-refractivity contribution in [1.29, 1.82) is 0 Å². The summed E-state index contributed by atoms with van der Waals surface area (Å²) < 4.78 is 0.